The van der Waals surface area contributed by atoms with Crippen molar-refractivity contribution in [1.82, 2.24) is 0 Å². The average Bonchev–Trinajstić information content (AvgIpc) is 3.94. The van der Waals surface area contributed by atoms with E-state index in [1.165, 1.54) is 0 Å². The van der Waals surface area contributed by atoms with Gasteiger partial charge in [0.2, 0.25) is 0 Å². The fourth-order valence-corrected chi connectivity index (χ4v) is 6.55. The molecule has 0 aromatic carbocycles. The van der Waals surface area contributed by atoms with Crippen molar-refractivity contribution >= 4 is 60.7 Å². The summed E-state index contributed by atoms with van der Waals surface area (Å²) in [6.45, 7) is 14.0. The van der Waals surface area contributed by atoms with Gasteiger partial charge in [-0.05, 0) is 80.1 Å². The molecular formula is C54H126Be6O21. The molecule has 0 aromatic rings. The SMILES string of the molecule is C.C.C.C.C.C.C.C.C.CC1(C)OCC(COCC([O-])COCC([O-])COCCC(C[O-])CCO)O1.CC1(C)OCC(COCC([O-])COCCC(C[O-])CCO)O1.CC1(C)OCC(COCCC(C[O-])CCO)O1.[Be+2].[Be+2].[Be+2].[Be+2].[Be+2].[Be+2].[H-].[H-].[H-].[H-].[H-].[H-]. The van der Waals surface area contributed by atoms with Gasteiger partial charge in [-0.2, -0.15) is 0 Å². The van der Waals surface area contributed by atoms with E-state index in [2.05, 4.69) is 0 Å². The first-order valence-electron chi connectivity index (χ1n) is 23.4. The maximum Gasteiger partial charge on any atom is 2.00 e. The van der Waals surface area contributed by atoms with E-state index in [0.717, 1.165) is 0 Å². The van der Waals surface area contributed by atoms with Crippen molar-refractivity contribution in [3.8, 4) is 0 Å². The van der Waals surface area contributed by atoms with Crippen LogP contribution in [0.25, 0.3) is 0 Å². The van der Waals surface area contributed by atoms with Crippen LogP contribution in [-0.4, -0.2) is 269 Å². The second-order valence-corrected chi connectivity index (χ2v) is 18.1. The van der Waals surface area contributed by atoms with Gasteiger partial charge in [0.1, 0.15) is 18.3 Å². The molecule has 81 heavy (non-hydrogen) atoms. The first-order valence-corrected chi connectivity index (χ1v) is 23.4. The molecule has 3 heterocycles. The molecule has 480 valence electrons. The smallest absolute Gasteiger partial charge is 1.00 e. The number of aliphatic hydroxyl groups is 3. The van der Waals surface area contributed by atoms with E-state index in [9.17, 15) is 30.6 Å². The van der Waals surface area contributed by atoms with Crippen LogP contribution in [0.1, 0.15) is 155 Å². The van der Waals surface area contributed by atoms with Crippen molar-refractivity contribution < 1.29 is 111 Å². The van der Waals surface area contributed by atoms with E-state index < -0.39 is 35.7 Å². The van der Waals surface area contributed by atoms with Gasteiger partial charge in [0.05, 0.1) is 39.6 Å². The summed E-state index contributed by atoms with van der Waals surface area (Å²) < 4.78 is 64.6. The van der Waals surface area contributed by atoms with Crippen molar-refractivity contribution in [3.63, 3.8) is 0 Å². The van der Waals surface area contributed by atoms with Gasteiger partial charge in [0, 0.05) is 79.3 Å². The van der Waals surface area contributed by atoms with E-state index in [1.54, 1.807) is 0 Å². The summed E-state index contributed by atoms with van der Waals surface area (Å²) in [5.41, 5.74) is 0. The monoisotopic (exact) mass is 1160 g/mol. The molecule has 9 atom stereocenters. The van der Waals surface area contributed by atoms with Crippen LogP contribution in [-0.2, 0) is 56.8 Å². The Hall–Kier alpha value is 0.173. The topological polar surface area (TPSA) is 310 Å². The third kappa shape index (κ3) is 64.5. The minimum absolute atomic E-state index is 0. The predicted molar refractivity (Wildman–Crippen MR) is 327 cm³/mol. The summed E-state index contributed by atoms with van der Waals surface area (Å²) in [4.78, 5) is 0. The van der Waals surface area contributed by atoms with E-state index >= 15 is 0 Å². The Morgan fingerprint density at radius 1 is 0.383 bits per heavy atom. The van der Waals surface area contributed by atoms with E-state index in [-0.39, 0.29) is 258 Å². The van der Waals surface area contributed by atoms with E-state index in [0.29, 0.717) is 91.4 Å². The summed E-state index contributed by atoms with van der Waals surface area (Å²) >= 11 is 0. The van der Waals surface area contributed by atoms with Crippen LogP contribution in [0.4, 0.5) is 0 Å². The van der Waals surface area contributed by atoms with Gasteiger partial charge in [-0.25, -0.2) is 0 Å². The van der Waals surface area contributed by atoms with Gasteiger partial charge in [0.15, 0.2) is 17.4 Å². The summed E-state index contributed by atoms with van der Waals surface area (Å²) in [6, 6.07) is 0. The molecule has 0 saturated carbocycles. The van der Waals surface area contributed by atoms with Crippen molar-refractivity contribution in [2.75, 3.05) is 139 Å². The summed E-state index contributed by atoms with van der Waals surface area (Å²) in [5, 5.41) is 93.7. The van der Waals surface area contributed by atoms with E-state index in [4.69, 9.17) is 72.2 Å². The molecule has 0 aliphatic carbocycles. The second-order valence-electron chi connectivity index (χ2n) is 18.1. The molecule has 21 nitrogen and oxygen atoms in total. The van der Waals surface area contributed by atoms with Crippen molar-refractivity contribution in [3.05, 3.63) is 0 Å². The van der Waals surface area contributed by atoms with E-state index in [1.807, 2.05) is 41.5 Å². The van der Waals surface area contributed by atoms with Crippen LogP contribution >= 0.6 is 0 Å². The van der Waals surface area contributed by atoms with Gasteiger partial charge in [-0.3, -0.25) is 0 Å². The average molecular weight is 1170 g/mol. The first kappa shape index (κ1) is 119. The molecule has 0 spiro atoms. The summed E-state index contributed by atoms with van der Waals surface area (Å²) in [5.74, 6) is -1.92. The number of aliphatic hydroxyl groups excluding tert-OH is 3. The molecular weight excluding hydrogens is 1040 g/mol. The Labute approximate surface area is 527 Å². The molecule has 3 N–H and O–H groups in total. The zero-order valence-electron chi connectivity index (χ0n) is 50.7. The Morgan fingerprint density at radius 3 is 0.827 bits per heavy atom. The fraction of sp³-hybridized carbons (Fsp3) is 1.00. The molecule has 3 aliphatic rings. The van der Waals surface area contributed by atoms with Crippen LogP contribution in [0, 0.1) is 17.8 Å². The molecule has 27 heteroatoms. The summed E-state index contributed by atoms with van der Waals surface area (Å²) in [7, 11) is 0. The number of hydrogen-bond acceptors (Lipinski definition) is 21. The zero-order valence-corrected chi connectivity index (χ0v) is 44.7. The Morgan fingerprint density at radius 2 is 0.605 bits per heavy atom. The number of hydrogen-bond donors (Lipinski definition) is 3. The van der Waals surface area contributed by atoms with Gasteiger partial charge in [-0.1, -0.05) is 103 Å². The Kier molecular flexibility index (Phi) is 104. The fourth-order valence-electron chi connectivity index (χ4n) is 6.55. The minimum Gasteiger partial charge on any atom is -1.00 e. The number of rotatable bonds is 36. The third-order valence-corrected chi connectivity index (χ3v) is 10.3. The van der Waals surface area contributed by atoms with Crippen LogP contribution in [0.2, 0.25) is 0 Å². The standard InChI is InChI=1S/C18H33O9.C15H28O7.C12H23O5.9CH4.6Be.6H/c1-18(2)26-13-17(27-18)12-25-11-16(22)10-24-9-15(21)8-23-6-4-14(7-20)3-5-19;1-15(2)21-11-14(22-15)10-20-9-13(18)8-19-6-4-12(7-17)3-5-16;1-12(2)16-9-11(17-12)8-15-6-4-10(7-14)3-5-13;;;;;;;;;;;;;;;;;;;;;/h14-17,19H,3-13H2,1-2H3;12-14,16H,3-11H2,1-2H3;10-11,13H,3-9H2,1-2H3;9*1H4;;;;;;;;;;;;/q-3;-2;-1;;;;;;;;;;6*+2;6*-1. The predicted octanol–water partition coefficient (Wildman–Crippen LogP) is 0.0621. The Bertz CT molecular complexity index is 1190. The van der Waals surface area contributed by atoms with Gasteiger partial charge < -0.3 is 111 Å². The molecule has 3 aliphatic heterocycles. The first-order chi connectivity index (χ1) is 31.4. The molecule has 3 fully saturated rings. The molecule has 0 aromatic heterocycles. The molecule has 3 rings (SSSR count). The normalized spacial score (nSPS) is 19.2. The van der Waals surface area contributed by atoms with Gasteiger partial charge >= 0.3 is 60.7 Å². The molecule has 0 radical (unpaired) electrons. The molecule has 0 amide bonds. The Balaban J connectivity index is -0.0000000358. The largest absolute Gasteiger partial charge is 2.00 e. The van der Waals surface area contributed by atoms with Crippen molar-refractivity contribution in [2.24, 2.45) is 17.8 Å². The van der Waals surface area contributed by atoms with Gasteiger partial charge in [0.25, 0.3) is 0 Å². The van der Waals surface area contributed by atoms with Crippen LogP contribution in [0.15, 0.2) is 0 Å². The van der Waals surface area contributed by atoms with Crippen LogP contribution < -0.4 is 30.6 Å². The van der Waals surface area contributed by atoms with Crippen LogP contribution in [0.5, 0.6) is 0 Å². The van der Waals surface area contributed by atoms with Crippen molar-refractivity contribution in [1.29, 1.82) is 0 Å². The van der Waals surface area contributed by atoms with Crippen LogP contribution in [0.3, 0.4) is 0 Å². The maximum atomic E-state index is 11.7. The number of ether oxygens (including phenoxy) is 12. The quantitative estimate of drug-likeness (QED) is 0.0552. The second kappa shape index (κ2) is 70.9. The van der Waals surface area contributed by atoms with Crippen molar-refractivity contribution in [2.45, 2.75) is 201 Å². The molecule has 0 bridgehead atoms. The minimum atomic E-state index is -1.09. The maximum absolute atomic E-state index is 11.7. The molecule has 9 unspecified atom stereocenters. The van der Waals surface area contributed by atoms with Gasteiger partial charge in [-0.15, -0.1) is 19.8 Å². The third-order valence-electron chi connectivity index (χ3n) is 10.3. The zero-order chi connectivity index (χ0) is 49.3. The molecule has 3 saturated heterocycles. The summed E-state index contributed by atoms with van der Waals surface area (Å²) in [6.07, 6.45) is -0.203.